The summed E-state index contributed by atoms with van der Waals surface area (Å²) in [5, 5.41) is 1.21. The highest BCUT2D eigenvalue weighted by atomic mass is 19.1. The normalized spacial score (nSPS) is 14.3. The number of benzene rings is 3. The van der Waals surface area contributed by atoms with E-state index in [4.69, 9.17) is 4.74 Å². The average Bonchev–Trinajstić information content (AvgIpc) is 3.25. The number of hydrogen-bond donors (Lipinski definition) is 0. The van der Waals surface area contributed by atoms with Crippen LogP contribution in [0.5, 0.6) is 0 Å². The second-order valence-electron chi connectivity index (χ2n) is 8.31. The third-order valence-corrected chi connectivity index (χ3v) is 6.24. The molecular formula is C28H25FN2O2. The minimum Gasteiger partial charge on any atom is -0.465 e. The van der Waals surface area contributed by atoms with Crippen LogP contribution >= 0.6 is 0 Å². The lowest BCUT2D eigenvalue weighted by Crippen LogP contribution is -2.28. The van der Waals surface area contributed by atoms with Gasteiger partial charge in [0.15, 0.2) is 0 Å². The number of aromatic nitrogens is 1. The molecular weight excluding hydrogens is 415 g/mol. The van der Waals surface area contributed by atoms with E-state index in [1.165, 1.54) is 41.3 Å². The zero-order chi connectivity index (χ0) is 22.8. The fourth-order valence-corrected chi connectivity index (χ4v) is 4.47. The topological polar surface area (TPSA) is 34.5 Å². The van der Waals surface area contributed by atoms with Crippen molar-refractivity contribution >= 4 is 22.4 Å². The van der Waals surface area contributed by atoms with Gasteiger partial charge >= 0.3 is 5.97 Å². The Kier molecular flexibility index (Phi) is 5.80. The monoisotopic (exact) mass is 440 g/mol. The zero-order valence-corrected chi connectivity index (χ0v) is 18.5. The Morgan fingerprint density at radius 1 is 1.00 bits per heavy atom. The molecule has 4 aromatic rings. The highest BCUT2D eigenvalue weighted by Gasteiger charge is 2.18. The summed E-state index contributed by atoms with van der Waals surface area (Å²) in [6.45, 7) is 2.66. The maximum absolute atomic E-state index is 13.4. The lowest BCUT2D eigenvalue weighted by atomic mass is 9.98. The van der Waals surface area contributed by atoms with Crippen molar-refractivity contribution in [1.82, 2.24) is 9.47 Å². The predicted molar refractivity (Wildman–Crippen MR) is 129 cm³/mol. The van der Waals surface area contributed by atoms with Crippen LogP contribution in [0.2, 0.25) is 0 Å². The molecule has 166 valence electrons. The first-order chi connectivity index (χ1) is 16.1. The van der Waals surface area contributed by atoms with Gasteiger partial charge in [-0.3, -0.25) is 4.90 Å². The maximum atomic E-state index is 13.4. The number of rotatable bonds is 5. The molecule has 0 radical (unpaired) electrons. The molecule has 0 unspecified atom stereocenters. The number of ether oxygens (including phenoxy) is 1. The Morgan fingerprint density at radius 2 is 1.76 bits per heavy atom. The molecule has 2 heterocycles. The second-order valence-corrected chi connectivity index (χ2v) is 8.31. The van der Waals surface area contributed by atoms with Crippen LogP contribution in [-0.4, -0.2) is 35.6 Å². The minimum absolute atomic E-state index is 0.231. The zero-order valence-electron chi connectivity index (χ0n) is 18.5. The summed E-state index contributed by atoms with van der Waals surface area (Å²) in [5.41, 5.74) is 6.38. The quantitative estimate of drug-likeness (QED) is 0.365. The third kappa shape index (κ3) is 4.32. The Hall–Kier alpha value is -3.70. The highest BCUT2D eigenvalue weighted by Crippen LogP contribution is 2.33. The lowest BCUT2D eigenvalue weighted by molar-refractivity contribution is 0.0600. The number of esters is 1. The molecule has 0 fully saturated rings. The summed E-state index contributed by atoms with van der Waals surface area (Å²) in [6.07, 6.45) is 5.44. The smallest absolute Gasteiger partial charge is 0.337 e. The molecule has 3 aromatic carbocycles. The molecule has 1 aliphatic heterocycles. The Bertz CT molecular complexity index is 1320. The largest absolute Gasteiger partial charge is 0.465 e. The van der Waals surface area contributed by atoms with Gasteiger partial charge in [0.1, 0.15) is 5.82 Å². The molecule has 5 heteroatoms. The third-order valence-electron chi connectivity index (χ3n) is 6.24. The molecule has 0 N–H and O–H groups in total. The minimum atomic E-state index is -0.313. The van der Waals surface area contributed by atoms with Crippen LogP contribution in [0.3, 0.4) is 0 Å². The van der Waals surface area contributed by atoms with Crippen LogP contribution in [0.25, 0.3) is 22.2 Å². The van der Waals surface area contributed by atoms with Crippen molar-refractivity contribution in [2.75, 3.05) is 20.2 Å². The molecule has 0 spiro atoms. The number of carbonyl (C=O) groups excluding carboxylic acids is 1. The van der Waals surface area contributed by atoms with Crippen molar-refractivity contribution in [1.29, 1.82) is 0 Å². The first-order valence-corrected chi connectivity index (χ1v) is 11.1. The SMILES string of the molecule is COC(=O)c1ccc(CN2CC=C(c3cn(-c4ccc(F)cc4)c4ccccc34)CC2)cc1. The van der Waals surface area contributed by atoms with Crippen LogP contribution in [0.1, 0.15) is 27.9 Å². The van der Waals surface area contributed by atoms with Crippen LogP contribution < -0.4 is 0 Å². The summed E-state index contributed by atoms with van der Waals surface area (Å²) in [7, 11) is 1.39. The van der Waals surface area contributed by atoms with Gasteiger partial charge < -0.3 is 9.30 Å². The number of para-hydroxylation sites is 1. The molecule has 4 nitrogen and oxygen atoms in total. The van der Waals surface area contributed by atoms with E-state index in [1.807, 2.05) is 42.5 Å². The van der Waals surface area contributed by atoms with Crippen molar-refractivity contribution in [3.05, 3.63) is 108 Å². The molecule has 33 heavy (non-hydrogen) atoms. The fraction of sp³-hybridized carbons (Fsp3) is 0.179. The number of halogens is 1. The molecule has 0 bridgehead atoms. The van der Waals surface area contributed by atoms with Crippen molar-refractivity contribution < 1.29 is 13.9 Å². The Labute approximate surface area is 192 Å². The number of methoxy groups -OCH3 is 1. The summed E-state index contributed by atoms with van der Waals surface area (Å²) >= 11 is 0. The van der Waals surface area contributed by atoms with E-state index in [0.717, 1.165) is 37.3 Å². The average molecular weight is 441 g/mol. The van der Waals surface area contributed by atoms with E-state index in [2.05, 4.69) is 39.9 Å². The lowest BCUT2D eigenvalue weighted by Gasteiger charge is -2.26. The molecule has 0 amide bonds. The van der Waals surface area contributed by atoms with Gasteiger partial charge in [-0.15, -0.1) is 0 Å². The summed E-state index contributed by atoms with van der Waals surface area (Å²) in [5.74, 6) is -0.544. The van der Waals surface area contributed by atoms with E-state index < -0.39 is 0 Å². The Balaban J connectivity index is 1.36. The van der Waals surface area contributed by atoms with Crippen molar-refractivity contribution in [2.24, 2.45) is 0 Å². The van der Waals surface area contributed by atoms with Gasteiger partial charge in [-0.1, -0.05) is 36.4 Å². The van der Waals surface area contributed by atoms with Crippen LogP contribution in [0.4, 0.5) is 4.39 Å². The standard InChI is InChI=1S/C28H25FN2O2/c1-33-28(32)22-8-6-20(7-9-22)18-30-16-14-21(15-17-30)26-19-31(24-12-10-23(29)11-13-24)27-5-3-2-4-25(26)27/h2-14,19H,15-18H2,1H3. The van der Waals surface area contributed by atoms with E-state index in [-0.39, 0.29) is 11.8 Å². The maximum Gasteiger partial charge on any atom is 0.337 e. The fourth-order valence-electron chi connectivity index (χ4n) is 4.47. The van der Waals surface area contributed by atoms with E-state index >= 15 is 0 Å². The van der Waals surface area contributed by atoms with E-state index in [0.29, 0.717) is 5.56 Å². The van der Waals surface area contributed by atoms with Gasteiger partial charge in [-0.2, -0.15) is 0 Å². The molecule has 0 saturated heterocycles. The van der Waals surface area contributed by atoms with Crippen LogP contribution in [0.15, 0.2) is 85.1 Å². The Morgan fingerprint density at radius 3 is 2.45 bits per heavy atom. The number of hydrogen-bond acceptors (Lipinski definition) is 3. The first kappa shape index (κ1) is 21.2. The van der Waals surface area contributed by atoms with Crippen molar-refractivity contribution in [2.45, 2.75) is 13.0 Å². The van der Waals surface area contributed by atoms with Gasteiger partial charge in [0.25, 0.3) is 0 Å². The van der Waals surface area contributed by atoms with Gasteiger partial charge in [0.2, 0.25) is 0 Å². The van der Waals surface area contributed by atoms with Gasteiger partial charge in [0.05, 0.1) is 18.2 Å². The molecule has 0 atom stereocenters. The predicted octanol–water partition coefficient (Wildman–Crippen LogP) is 5.85. The number of fused-ring (bicyclic) bond motifs is 1. The molecule has 1 aliphatic rings. The van der Waals surface area contributed by atoms with Crippen LogP contribution in [-0.2, 0) is 11.3 Å². The van der Waals surface area contributed by atoms with E-state index in [1.54, 1.807) is 0 Å². The molecule has 0 aliphatic carbocycles. The van der Waals surface area contributed by atoms with Gasteiger partial charge in [-0.25, -0.2) is 9.18 Å². The summed E-state index contributed by atoms with van der Waals surface area (Å²) in [4.78, 5) is 14.0. The second kappa shape index (κ2) is 9.04. The van der Waals surface area contributed by atoms with Crippen LogP contribution in [0, 0.1) is 5.82 Å². The van der Waals surface area contributed by atoms with E-state index in [9.17, 15) is 9.18 Å². The van der Waals surface area contributed by atoms with Crippen molar-refractivity contribution in [3.8, 4) is 5.69 Å². The molecule has 1 aromatic heterocycles. The summed E-state index contributed by atoms with van der Waals surface area (Å²) in [6, 6.07) is 22.6. The highest BCUT2D eigenvalue weighted by molar-refractivity contribution is 5.94. The summed E-state index contributed by atoms with van der Waals surface area (Å²) < 4.78 is 20.3. The number of carbonyl (C=O) groups is 1. The number of nitrogens with zero attached hydrogens (tertiary/aromatic N) is 2. The molecule has 0 saturated carbocycles. The molecule has 5 rings (SSSR count). The van der Waals surface area contributed by atoms with Gasteiger partial charge in [0, 0.05) is 42.5 Å². The first-order valence-electron chi connectivity index (χ1n) is 11.1. The van der Waals surface area contributed by atoms with Gasteiger partial charge in [-0.05, 0) is 60.0 Å². The van der Waals surface area contributed by atoms with Crippen molar-refractivity contribution in [3.63, 3.8) is 0 Å².